The first-order chi connectivity index (χ1) is 9.81. The Morgan fingerprint density at radius 3 is 2.33 bits per heavy atom. The lowest BCUT2D eigenvalue weighted by Gasteiger charge is -2.11. The number of carboxylic acid groups (broad SMARTS) is 1. The maximum Gasteiger partial charge on any atom is 0.340 e. The number of rotatable bonds is 4. The van der Waals surface area contributed by atoms with Crippen molar-refractivity contribution >= 4 is 44.3 Å². The fourth-order valence-corrected chi connectivity index (χ4v) is 3.08. The van der Waals surface area contributed by atoms with Crippen LogP contribution in [0.4, 0.5) is 10.1 Å². The highest BCUT2D eigenvalue weighted by Gasteiger charge is 2.21. The lowest BCUT2D eigenvalue weighted by Crippen LogP contribution is -2.16. The molecule has 0 saturated heterocycles. The van der Waals surface area contributed by atoms with Crippen molar-refractivity contribution < 1.29 is 22.7 Å². The van der Waals surface area contributed by atoms with Gasteiger partial charge in [0.1, 0.15) is 11.4 Å². The van der Waals surface area contributed by atoms with Crippen LogP contribution >= 0.6 is 22.6 Å². The average molecular weight is 421 g/mol. The van der Waals surface area contributed by atoms with E-state index < -0.39 is 27.4 Å². The highest BCUT2D eigenvalue weighted by Crippen LogP contribution is 2.23. The minimum atomic E-state index is -3.99. The van der Waals surface area contributed by atoms with Crippen LogP contribution in [0.15, 0.2) is 47.4 Å². The summed E-state index contributed by atoms with van der Waals surface area (Å²) < 4.78 is 40.8. The van der Waals surface area contributed by atoms with E-state index in [1.807, 2.05) is 22.6 Å². The molecule has 0 aliphatic rings. The van der Waals surface area contributed by atoms with E-state index in [0.717, 1.165) is 9.64 Å². The zero-order chi connectivity index (χ0) is 15.6. The van der Waals surface area contributed by atoms with Gasteiger partial charge in [0.2, 0.25) is 0 Å². The molecule has 0 spiro atoms. The summed E-state index contributed by atoms with van der Waals surface area (Å²) in [4.78, 5) is 11.0. The van der Waals surface area contributed by atoms with Crippen molar-refractivity contribution in [3.05, 3.63) is 57.4 Å². The van der Waals surface area contributed by atoms with Crippen molar-refractivity contribution in [3.8, 4) is 0 Å². The van der Waals surface area contributed by atoms with Gasteiger partial charge >= 0.3 is 5.97 Å². The van der Waals surface area contributed by atoms with E-state index >= 15 is 0 Å². The van der Waals surface area contributed by atoms with Gasteiger partial charge in [-0.3, -0.25) is 4.72 Å². The smallest absolute Gasteiger partial charge is 0.340 e. The predicted molar refractivity (Wildman–Crippen MR) is 83.3 cm³/mol. The van der Waals surface area contributed by atoms with Gasteiger partial charge in [0, 0.05) is 3.57 Å². The number of anilines is 1. The van der Waals surface area contributed by atoms with Crippen molar-refractivity contribution in [1.82, 2.24) is 0 Å². The fraction of sp³-hybridized carbons (Fsp3) is 0. The standard InChI is InChI=1S/C13H9FINO4S/c14-10-2-1-3-11(12(10)13(17)18)16-21(19,20)9-6-4-8(15)5-7-9/h1-7,16H,(H,17,18). The summed E-state index contributed by atoms with van der Waals surface area (Å²) in [6.07, 6.45) is 0. The molecule has 2 rings (SSSR count). The number of hydrogen-bond acceptors (Lipinski definition) is 3. The van der Waals surface area contributed by atoms with Gasteiger partial charge in [0.05, 0.1) is 10.6 Å². The largest absolute Gasteiger partial charge is 0.478 e. The lowest BCUT2D eigenvalue weighted by molar-refractivity contribution is 0.0693. The average Bonchev–Trinajstić information content (AvgIpc) is 2.38. The summed E-state index contributed by atoms with van der Waals surface area (Å²) in [6.45, 7) is 0. The lowest BCUT2D eigenvalue weighted by atomic mass is 10.2. The van der Waals surface area contributed by atoms with E-state index in [4.69, 9.17) is 5.11 Å². The van der Waals surface area contributed by atoms with Gasteiger partial charge in [-0.15, -0.1) is 0 Å². The van der Waals surface area contributed by atoms with E-state index in [2.05, 4.69) is 4.72 Å². The molecule has 0 bridgehead atoms. The van der Waals surface area contributed by atoms with Crippen molar-refractivity contribution in [2.24, 2.45) is 0 Å². The molecule has 0 aromatic heterocycles. The summed E-state index contributed by atoms with van der Waals surface area (Å²) in [5, 5.41) is 8.97. The third kappa shape index (κ3) is 3.50. The highest BCUT2D eigenvalue weighted by atomic mass is 127. The Morgan fingerprint density at radius 2 is 1.76 bits per heavy atom. The third-order valence-electron chi connectivity index (χ3n) is 2.60. The summed E-state index contributed by atoms with van der Waals surface area (Å²) in [7, 11) is -3.99. The Hall–Kier alpha value is -1.68. The van der Waals surface area contributed by atoms with Gasteiger partial charge in [-0.1, -0.05) is 6.07 Å². The first kappa shape index (κ1) is 15.7. The molecule has 0 aliphatic heterocycles. The van der Waals surface area contributed by atoms with Crippen LogP contribution in [0.25, 0.3) is 0 Å². The van der Waals surface area contributed by atoms with E-state index in [1.165, 1.54) is 24.3 Å². The second-order valence-electron chi connectivity index (χ2n) is 4.03. The second kappa shape index (κ2) is 5.98. The van der Waals surface area contributed by atoms with Gasteiger partial charge < -0.3 is 5.11 Å². The Bertz CT molecular complexity index is 790. The Morgan fingerprint density at radius 1 is 1.14 bits per heavy atom. The first-order valence-electron chi connectivity index (χ1n) is 5.61. The molecule has 2 aromatic rings. The molecule has 8 heteroatoms. The van der Waals surface area contributed by atoms with Crippen LogP contribution in [-0.4, -0.2) is 19.5 Å². The van der Waals surface area contributed by atoms with Crippen LogP contribution in [0.5, 0.6) is 0 Å². The number of halogens is 2. The molecular formula is C13H9FINO4S. The molecule has 2 aromatic carbocycles. The quantitative estimate of drug-likeness (QED) is 0.744. The minimum absolute atomic E-state index is 0.0384. The fourth-order valence-electron chi connectivity index (χ4n) is 1.64. The normalized spacial score (nSPS) is 11.1. The van der Waals surface area contributed by atoms with Crippen LogP contribution in [-0.2, 0) is 10.0 Å². The van der Waals surface area contributed by atoms with Crippen LogP contribution in [0.3, 0.4) is 0 Å². The summed E-state index contributed by atoms with van der Waals surface area (Å²) in [5.41, 5.74) is -1.03. The van der Waals surface area contributed by atoms with Crippen LogP contribution in [0.1, 0.15) is 10.4 Å². The van der Waals surface area contributed by atoms with Gasteiger partial charge in [-0.2, -0.15) is 0 Å². The monoisotopic (exact) mass is 421 g/mol. The van der Waals surface area contributed by atoms with E-state index in [0.29, 0.717) is 0 Å². The molecule has 0 unspecified atom stereocenters. The molecule has 2 N–H and O–H groups in total. The first-order valence-corrected chi connectivity index (χ1v) is 8.17. The summed E-state index contributed by atoms with van der Waals surface area (Å²) in [6, 6.07) is 9.32. The molecule has 0 aliphatic carbocycles. The zero-order valence-electron chi connectivity index (χ0n) is 10.4. The van der Waals surface area contributed by atoms with Crippen molar-refractivity contribution in [2.45, 2.75) is 4.90 Å². The Balaban J connectivity index is 2.44. The third-order valence-corrected chi connectivity index (χ3v) is 4.70. The number of aromatic carboxylic acids is 1. The molecule has 5 nitrogen and oxygen atoms in total. The molecule has 0 atom stereocenters. The Kier molecular flexibility index (Phi) is 4.47. The number of nitrogens with one attached hydrogen (secondary N) is 1. The molecule has 110 valence electrons. The molecular weight excluding hydrogens is 412 g/mol. The van der Waals surface area contributed by atoms with Gasteiger partial charge in [-0.25, -0.2) is 17.6 Å². The second-order valence-corrected chi connectivity index (χ2v) is 6.96. The number of benzene rings is 2. The summed E-state index contributed by atoms with van der Waals surface area (Å²) in [5.74, 6) is -2.56. The van der Waals surface area contributed by atoms with E-state index in [1.54, 1.807) is 12.1 Å². The van der Waals surface area contributed by atoms with Crippen molar-refractivity contribution in [2.75, 3.05) is 4.72 Å². The maximum absolute atomic E-state index is 13.5. The van der Waals surface area contributed by atoms with Crippen molar-refractivity contribution in [3.63, 3.8) is 0 Å². The molecule has 0 heterocycles. The van der Waals surface area contributed by atoms with Crippen LogP contribution in [0.2, 0.25) is 0 Å². The van der Waals surface area contributed by atoms with E-state index in [-0.39, 0.29) is 10.6 Å². The number of sulfonamides is 1. The van der Waals surface area contributed by atoms with Gasteiger partial charge in [0.15, 0.2) is 0 Å². The summed E-state index contributed by atoms with van der Waals surface area (Å²) >= 11 is 2.02. The number of carbonyl (C=O) groups is 1. The number of hydrogen-bond donors (Lipinski definition) is 2. The molecule has 0 saturated carbocycles. The maximum atomic E-state index is 13.5. The van der Waals surface area contributed by atoms with Crippen LogP contribution < -0.4 is 4.72 Å². The topological polar surface area (TPSA) is 83.5 Å². The minimum Gasteiger partial charge on any atom is -0.478 e. The Labute approximate surface area is 134 Å². The highest BCUT2D eigenvalue weighted by molar-refractivity contribution is 14.1. The van der Waals surface area contributed by atoms with Gasteiger partial charge in [0.25, 0.3) is 10.0 Å². The molecule has 0 radical (unpaired) electrons. The predicted octanol–water partition coefficient (Wildman–Crippen LogP) is 2.93. The van der Waals surface area contributed by atoms with E-state index in [9.17, 15) is 17.6 Å². The van der Waals surface area contributed by atoms with Crippen LogP contribution in [0, 0.1) is 9.39 Å². The molecule has 0 amide bonds. The number of carboxylic acids is 1. The van der Waals surface area contributed by atoms with Gasteiger partial charge in [-0.05, 0) is 59.0 Å². The molecule has 21 heavy (non-hydrogen) atoms. The van der Waals surface area contributed by atoms with Crippen molar-refractivity contribution in [1.29, 1.82) is 0 Å². The zero-order valence-corrected chi connectivity index (χ0v) is 13.4. The molecule has 0 fully saturated rings. The SMILES string of the molecule is O=C(O)c1c(F)cccc1NS(=O)(=O)c1ccc(I)cc1.